The lowest BCUT2D eigenvalue weighted by Gasteiger charge is -2.23. The molecule has 0 saturated carbocycles. The second-order valence-electron chi connectivity index (χ2n) is 8.25. The largest absolute Gasteiger partial charge is 0.352 e. The molecule has 28 heavy (non-hydrogen) atoms. The molecule has 0 aromatic heterocycles. The number of rotatable bonds is 8. The maximum Gasteiger partial charge on any atom is 0.325 e. The van der Waals surface area contributed by atoms with Gasteiger partial charge in [0.1, 0.15) is 12.1 Å². The number of fused-ring (bicyclic) bond motifs is 1. The van der Waals surface area contributed by atoms with Crippen LogP contribution >= 0.6 is 0 Å². The third kappa shape index (κ3) is 4.05. The van der Waals surface area contributed by atoms with Gasteiger partial charge in [0.25, 0.3) is 5.91 Å². The number of nitrogens with one attached hydrogen (secondary N) is 2. The molecule has 1 aromatic rings. The molecule has 1 fully saturated rings. The van der Waals surface area contributed by atoms with E-state index in [2.05, 4.69) is 23.6 Å². The van der Waals surface area contributed by atoms with Crippen LogP contribution in [0.25, 0.3) is 0 Å². The zero-order valence-electron chi connectivity index (χ0n) is 17.1. The summed E-state index contributed by atoms with van der Waals surface area (Å²) in [6.07, 6.45) is 7.40. The Morgan fingerprint density at radius 2 is 2.00 bits per heavy atom. The monoisotopic (exact) mass is 385 g/mol. The van der Waals surface area contributed by atoms with E-state index >= 15 is 0 Å². The van der Waals surface area contributed by atoms with E-state index in [0.29, 0.717) is 0 Å². The molecule has 2 atom stereocenters. The molecule has 1 aromatic carbocycles. The third-order valence-corrected chi connectivity index (χ3v) is 5.90. The minimum absolute atomic E-state index is 0.0305. The molecule has 0 spiro atoms. The highest BCUT2D eigenvalue weighted by Gasteiger charge is 2.49. The molecule has 6 nitrogen and oxygen atoms in total. The minimum Gasteiger partial charge on any atom is -0.352 e. The fourth-order valence-electron chi connectivity index (χ4n) is 4.16. The molecule has 2 unspecified atom stereocenters. The highest BCUT2D eigenvalue weighted by molar-refractivity contribution is 6.09. The third-order valence-electron chi connectivity index (χ3n) is 5.90. The molecule has 6 heteroatoms. The van der Waals surface area contributed by atoms with Crippen LogP contribution in [0.15, 0.2) is 18.2 Å². The van der Waals surface area contributed by atoms with Crippen molar-refractivity contribution in [2.24, 2.45) is 0 Å². The summed E-state index contributed by atoms with van der Waals surface area (Å²) in [5, 5.41) is 5.69. The lowest BCUT2D eigenvalue weighted by Crippen LogP contribution is -2.45. The van der Waals surface area contributed by atoms with Gasteiger partial charge in [0, 0.05) is 6.04 Å². The van der Waals surface area contributed by atoms with Crippen molar-refractivity contribution < 1.29 is 14.4 Å². The SMILES string of the molecule is CCCCCC(C)NC(=O)CN1C(=O)NC(C)(c2ccc3c(c2)CCC3)C1=O. The smallest absolute Gasteiger partial charge is 0.325 e. The van der Waals surface area contributed by atoms with Gasteiger partial charge in [-0.25, -0.2) is 4.79 Å². The molecule has 1 heterocycles. The fourth-order valence-corrected chi connectivity index (χ4v) is 4.16. The number of benzene rings is 1. The van der Waals surface area contributed by atoms with Gasteiger partial charge in [-0.3, -0.25) is 14.5 Å². The molecule has 0 radical (unpaired) electrons. The van der Waals surface area contributed by atoms with E-state index in [1.165, 1.54) is 11.1 Å². The Hall–Kier alpha value is -2.37. The van der Waals surface area contributed by atoms with Gasteiger partial charge in [-0.05, 0) is 56.2 Å². The number of carbonyl (C=O) groups is 3. The van der Waals surface area contributed by atoms with Crippen LogP contribution in [0.5, 0.6) is 0 Å². The van der Waals surface area contributed by atoms with Crippen molar-refractivity contribution in [3.05, 3.63) is 34.9 Å². The van der Waals surface area contributed by atoms with E-state index in [9.17, 15) is 14.4 Å². The number of carbonyl (C=O) groups excluding carboxylic acids is 3. The van der Waals surface area contributed by atoms with Crippen LogP contribution in [0.2, 0.25) is 0 Å². The predicted octanol–water partition coefficient (Wildman–Crippen LogP) is 3.03. The Morgan fingerprint density at radius 1 is 1.25 bits per heavy atom. The first-order valence-corrected chi connectivity index (χ1v) is 10.4. The standard InChI is InChI=1S/C22H31N3O3/c1-4-5-6-8-15(2)23-19(26)14-25-20(27)22(3,24-21(25)28)18-12-11-16-9-7-10-17(16)13-18/h11-13,15H,4-10,14H2,1-3H3,(H,23,26)(H,24,28). The molecular formula is C22H31N3O3. The van der Waals surface area contributed by atoms with Gasteiger partial charge < -0.3 is 10.6 Å². The van der Waals surface area contributed by atoms with Crippen LogP contribution in [0.3, 0.4) is 0 Å². The summed E-state index contributed by atoms with van der Waals surface area (Å²) < 4.78 is 0. The second-order valence-corrected chi connectivity index (χ2v) is 8.25. The van der Waals surface area contributed by atoms with Crippen molar-refractivity contribution in [3.8, 4) is 0 Å². The highest BCUT2D eigenvalue weighted by atomic mass is 16.2. The van der Waals surface area contributed by atoms with Gasteiger partial charge in [-0.2, -0.15) is 0 Å². The number of nitrogens with zero attached hydrogens (tertiary/aromatic N) is 1. The van der Waals surface area contributed by atoms with Gasteiger partial charge in [-0.15, -0.1) is 0 Å². The van der Waals surface area contributed by atoms with E-state index in [4.69, 9.17) is 0 Å². The summed E-state index contributed by atoms with van der Waals surface area (Å²) >= 11 is 0. The van der Waals surface area contributed by atoms with Gasteiger partial charge in [-0.1, -0.05) is 44.4 Å². The Labute approximate surface area is 167 Å². The average molecular weight is 386 g/mol. The quantitative estimate of drug-likeness (QED) is 0.533. The lowest BCUT2D eigenvalue weighted by molar-refractivity contribution is -0.135. The van der Waals surface area contributed by atoms with E-state index in [1.54, 1.807) is 6.92 Å². The van der Waals surface area contributed by atoms with Crippen molar-refractivity contribution in [1.82, 2.24) is 15.5 Å². The highest BCUT2D eigenvalue weighted by Crippen LogP contribution is 2.32. The van der Waals surface area contributed by atoms with Crippen molar-refractivity contribution >= 4 is 17.8 Å². The van der Waals surface area contributed by atoms with Gasteiger partial charge in [0.15, 0.2) is 0 Å². The maximum absolute atomic E-state index is 13.0. The van der Waals surface area contributed by atoms with Crippen molar-refractivity contribution in [1.29, 1.82) is 0 Å². The normalized spacial score (nSPS) is 22.2. The molecule has 1 aliphatic heterocycles. The molecule has 1 aliphatic carbocycles. The van der Waals surface area contributed by atoms with Gasteiger partial charge in [0.05, 0.1) is 0 Å². The van der Waals surface area contributed by atoms with Crippen LogP contribution < -0.4 is 10.6 Å². The first kappa shape index (κ1) is 20.4. The molecule has 2 N–H and O–H groups in total. The molecule has 1 saturated heterocycles. The van der Waals surface area contributed by atoms with E-state index in [-0.39, 0.29) is 24.4 Å². The van der Waals surface area contributed by atoms with Crippen molar-refractivity contribution in [2.75, 3.05) is 6.54 Å². The molecule has 0 bridgehead atoms. The average Bonchev–Trinajstić information content (AvgIpc) is 3.20. The van der Waals surface area contributed by atoms with Crippen LogP contribution in [-0.4, -0.2) is 35.3 Å². The Kier molecular flexibility index (Phi) is 6.06. The number of hydrogen-bond acceptors (Lipinski definition) is 3. The Balaban J connectivity index is 1.65. The summed E-state index contributed by atoms with van der Waals surface area (Å²) in [4.78, 5) is 38.9. The van der Waals surface area contributed by atoms with E-state index < -0.39 is 11.6 Å². The molecule has 3 rings (SSSR count). The number of aryl methyl sites for hydroxylation is 2. The van der Waals surface area contributed by atoms with Crippen LogP contribution in [0.1, 0.15) is 69.6 Å². The minimum atomic E-state index is -1.12. The Morgan fingerprint density at radius 3 is 2.75 bits per heavy atom. The number of hydrogen-bond donors (Lipinski definition) is 2. The van der Waals surface area contributed by atoms with E-state index in [0.717, 1.165) is 55.4 Å². The van der Waals surface area contributed by atoms with Gasteiger partial charge in [0.2, 0.25) is 5.91 Å². The van der Waals surface area contributed by atoms with Crippen molar-refractivity contribution in [2.45, 2.75) is 77.3 Å². The number of urea groups is 1. The molecule has 4 amide bonds. The molecular weight excluding hydrogens is 354 g/mol. The summed E-state index contributed by atoms with van der Waals surface area (Å²) in [6.45, 7) is 5.56. The predicted molar refractivity (Wildman–Crippen MR) is 108 cm³/mol. The number of unbranched alkanes of at least 4 members (excludes halogenated alkanes) is 2. The first-order chi connectivity index (χ1) is 13.3. The van der Waals surface area contributed by atoms with Gasteiger partial charge >= 0.3 is 6.03 Å². The first-order valence-electron chi connectivity index (χ1n) is 10.4. The van der Waals surface area contributed by atoms with Crippen molar-refractivity contribution in [3.63, 3.8) is 0 Å². The van der Waals surface area contributed by atoms with E-state index in [1.807, 2.05) is 19.1 Å². The summed E-state index contributed by atoms with van der Waals surface area (Å²) in [7, 11) is 0. The molecule has 152 valence electrons. The summed E-state index contributed by atoms with van der Waals surface area (Å²) in [5.41, 5.74) is 2.22. The zero-order valence-corrected chi connectivity index (χ0v) is 17.1. The fraction of sp³-hybridized carbons (Fsp3) is 0.591. The van der Waals surface area contributed by atoms with Crippen LogP contribution in [0.4, 0.5) is 4.79 Å². The zero-order chi connectivity index (χ0) is 20.3. The number of amides is 4. The second kappa shape index (κ2) is 8.33. The summed E-state index contributed by atoms with van der Waals surface area (Å²) in [5.74, 6) is -0.671. The number of imide groups is 1. The lowest BCUT2D eigenvalue weighted by atomic mass is 9.89. The van der Waals surface area contributed by atoms with Crippen LogP contribution in [-0.2, 0) is 28.0 Å². The molecule has 2 aliphatic rings. The topological polar surface area (TPSA) is 78.5 Å². The Bertz CT molecular complexity index is 776. The van der Waals surface area contributed by atoms with Crippen LogP contribution in [0, 0.1) is 0 Å². The summed E-state index contributed by atoms with van der Waals surface area (Å²) in [6, 6.07) is 5.52. The maximum atomic E-state index is 13.0.